The molecule has 228 valence electrons. The summed E-state index contributed by atoms with van der Waals surface area (Å²) in [5.74, 6) is 2.35. The molecular formula is C33H45N3O5S. The van der Waals surface area contributed by atoms with Crippen LogP contribution in [0.25, 0.3) is 0 Å². The second-order valence-corrected chi connectivity index (χ2v) is 14.8. The van der Waals surface area contributed by atoms with E-state index < -0.39 is 28.5 Å². The fourth-order valence-electron chi connectivity index (χ4n) is 8.01. The highest BCUT2D eigenvalue weighted by molar-refractivity contribution is 7.92. The van der Waals surface area contributed by atoms with Crippen molar-refractivity contribution in [2.75, 3.05) is 30.8 Å². The molecule has 4 aliphatic carbocycles. The number of sulfonamides is 1. The quantitative estimate of drug-likeness (QED) is 0.378. The number of nitrogens with one attached hydrogen (secondary N) is 1. The molecule has 1 N–H and O–H groups in total. The van der Waals surface area contributed by atoms with E-state index in [2.05, 4.69) is 17.4 Å². The summed E-state index contributed by atoms with van der Waals surface area (Å²) in [5, 5.41) is 2.86. The topological polar surface area (TPSA) is 96.0 Å². The second kappa shape index (κ2) is 12.3. The van der Waals surface area contributed by atoms with E-state index in [9.17, 15) is 18.0 Å². The molecule has 8 nitrogen and oxygen atoms in total. The number of carbonyl (C=O) groups excluding carboxylic acids is 2. The van der Waals surface area contributed by atoms with Gasteiger partial charge in [0, 0.05) is 13.1 Å². The third-order valence-corrected chi connectivity index (χ3v) is 10.8. The van der Waals surface area contributed by atoms with E-state index in [1.807, 2.05) is 43.3 Å². The van der Waals surface area contributed by atoms with Gasteiger partial charge in [0.15, 0.2) is 0 Å². The fraction of sp³-hybridized carbons (Fsp3) is 0.576. The standard InChI is InChI=1S/C33H45N3O5S/c1-5-13-34-32(38)23(2)35(21-24-7-6-8-30(17-24)41-3)31(37)22-36(42(4,39)40)29-11-9-28(10-12-29)33-18-25-14-26(19-33)16-27(15-25)20-33/h6-12,17,23,25-27H,5,13-16,18-22H2,1-4H3,(H,34,38)/t23-,25?,26?,27?,33?/m1/s1. The lowest BCUT2D eigenvalue weighted by molar-refractivity contribution is -0.139. The molecule has 0 aliphatic heterocycles. The molecule has 2 aromatic rings. The lowest BCUT2D eigenvalue weighted by Crippen LogP contribution is -2.51. The number of carbonyl (C=O) groups is 2. The monoisotopic (exact) mass is 595 g/mol. The average molecular weight is 596 g/mol. The predicted octanol–water partition coefficient (Wildman–Crippen LogP) is 4.87. The third-order valence-electron chi connectivity index (χ3n) is 9.69. The molecule has 0 heterocycles. The summed E-state index contributed by atoms with van der Waals surface area (Å²) < 4.78 is 32.6. The number of hydrogen-bond donors (Lipinski definition) is 1. The summed E-state index contributed by atoms with van der Waals surface area (Å²) >= 11 is 0. The number of nitrogens with zero attached hydrogens (tertiary/aromatic N) is 2. The molecule has 6 rings (SSSR count). The Hall–Kier alpha value is -3.07. The molecule has 0 unspecified atom stereocenters. The van der Waals surface area contributed by atoms with Crippen molar-refractivity contribution in [2.45, 2.75) is 76.8 Å². The molecule has 0 aromatic heterocycles. The molecule has 0 spiro atoms. The zero-order valence-corrected chi connectivity index (χ0v) is 26.2. The van der Waals surface area contributed by atoms with Crippen LogP contribution in [0.15, 0.2) is 48.5 Å². The first-order valence-corrected chi connectivity index (χ1v) is 17.1. The number of amides is 2. The van der Waals surface area contributed by atoms with E-state index >= 15 is 0 Å². The van der Waals surface area contributed by atoms with E-state index in [0.29, 0.717) is 18.0 Å². The highest BCUT2D eigenvalue weighted by Crippen LogP contribution is 2.60. The maximum absolute atomic E-state index is 13.9. The van der Waals surface area contributed by atoms with Gasteiger partial charge >= 0.3 is 0 Å². The van der Waals surface area contributed by atoms with Crippen molar-refractivity contribution in [2.24, 2.45) is 17.8 Å². The smallest absolute Gasteiger partial charge is 0.244 e. The summed E-state index contributed by atoms with van der Waals surface area (Å²) in [6.07, 6.45) is 9.66. The van der Waals surface area contributed by atoms with Gasteiger partial charge in [0.2, 0.25) is 21.8 Å². The Morgan fingerprint density at radius 3 is 2.19 bits per heavy atom. The SMILES string of the molecule is CCCNC(=O)[C@@H](C)N(Cc1cccc(OC)c1)C(=O)CN(c1ccc(C23CC4CC(CC(C4)C2)C3)cc1)S(C)(=O)=O. The summed E-state index contributed by atoms with van der Waals surface area (Å²) in [5.41, 5.74) is 2.74. The van der Waals surface area contributed by atoms with Crippen LogP contribution in [0.5, 0.6) is 5.75 Å². The Morgan fingerprint density at radius 2 is 1.64 bits per heavy atom. The number of benzene rings is 2. The first kappa shape index (κ1) is 30.4. The molecule has 1 atom stereocenters. The number of methoxy groups -OCH3 is 1. The van der Waals surface area contributed by atoms with Crippen LogP contribution in [0.2, 0.25) is 0 Å². The first-order valence-electron chi connectivity index (χ1n) is 15.3. The molecule has 4 aliphatic rings. The Morgan fingerprint density at radius 1 is 1.02 bits per heavy atom. The summed E-state index contributed by atoms with van der Waals surface area (Å²) in [4.78, 5) is 28.3. The van der Waals surface area contributed by atoms with Gasteiger partial charge in [0.1, 0.15) is 18.3 Å². The lowest BCUT2D eigenvalue weighted by Gasteiger charge is -2.57. The second-order valence-electron chi connectivity index (χ2n) is 12.9. The van der Waals surface area contributed by atoms with Gasteiger partial charge in [-0.25, -0.2) is 8.42 Å². The van der Waals surface area contributed by atoms with Crippen molar-refractivity contribution in [1.29, 1.82) is 0 Å². The largest absolute Gasteiger partial charge is 0.497 e. The third kappa shape index (κ3) is 6.46. The summed E-state index contributed by atoms with van der Waals surface area (Å²) in [6, 6.07) is 14.4. The summed E-state index contributed by atoms with van der Waals surface area (Å²) in [7, 11) is -2.21. The molecule has 4 fully saturated rings. The molecule has 4 bridgehead atoms. The Labute approximate surface area is 250 Å². The van der Waals surface area contributed by atoms with Gasteiger partial charge in [-0.05, 0) is 110 Å². The van der Waals surface area contributed by atoms with Gasteiger partial charge in [-0.15, -0.1) is 0 Å². The minimum absolute atomic E-state index is 0.138. The van der Waals surface area contributed by atoms with Crippen molar-refractivity contribution in [1.82, 2.24) is 10.2 Å². The predicted molar refractivity (Wildman–Crippen MR) is 165 cm³/mol. The highest BCUT2D eigenvalue weighted by atomic mass is 32.2. The maximum atomic E-state index is 13.9. The molecule has 42 heavy (non-hydrogen) atoms. The molecule has 9 heteroatoms. The van der Waals surface area contributed by atoms with Crippen molar-refractivity contribution in [3.8, 4) is 5.75 Å². The number of rotatable bonds is 12. The van der Waals surface area contributed by atoms with Crippen LogP contribution in [0.1, 0.15) is 69.9 Å². The van der Waals surface area contributed by atoms with Crippen LogP contribution in [-0.4, -0.2) is 57.6 Å². The van der Waals surface area contributed by atoms with Gasteiger partial charge in [-0.1, -0.05) is 31.2 Å². The van der Waals surface area contributed by atoms with Gasteiger partial charge in [0.05, 0.1) is 19.1 Å². The van der Waals surface area contributed by atoms with Crippen LogP contribution in [0.4, 0.5) is 5.69 Å². The van der Waals surface area contributed by atoms with E-state index in [-0.39, 0.29) is 17.9 Å². The van der Waals surface area contributed by atoms with E-state index in [1.165, 1.54) is 49.0 Å². The van der Waals surface area contributed by atoms with E-state index in [0.717, 1.165) is 40.3 Å². The Kier molecular flexibility index (Phi) is 8.88. The van der Waals surface area contributed by atoms with Crippen LogP contribution in [-0.2, 0) is 31.6 Å². The van der Waals surface area contributed by atoms with Gasteiger partial charge in [-0.2, -0.15) is 0 Å². The average Bonchev–Trinajstić information content (AvgIpc) is 2.96. The molecule has 0 radical (unpaired) electrons. The van der Waals surface area contributed by atoms with Gasteiger partial charge < -0.3 is 15.0 Å². The number of hydrogen-bond acceptors (Lipinski definition) is 5. The van der Waals surface area contributed by atoms with Crippen LogP contribution >= 0.6 is 0 Å². The first-order chi connectivity index (χ1) is 20.0. The maximum Gasteiger partial charge on any atom is 0.244 e. The Balaban J connectivity index is 1.38. The van der Waals surface area contributed by atoms with Crippen molar-refractivity contribution < 1.29 is 22.7 Å². The number of anilines is 1. The summed E-state index contributed by atoms with van der Waals surface area (Å²) in [6.45, 7) is 3.87. The van der Waals surface area contributed by atoms with Crippen LogP contribution in [0.3, 0.4) is 0 Å². The molecular weight excluding hydrogens is 550 g/mol. The molecule has 2 aromatic carbocycles. The van der Waals surface area contributed by atoms with Crippen LogP contribution < -0.4 is 14.4 Å². The fourth-order valence-corrected chi connectivity index (χ4v) is 8.85. The molecule has 4 saturated carbocycles. The van der Waals surface area contributed by atoms with Gasteiger partial charge in [0.25, 0.3) is 0 Å². The minimum Gasteiger partial charge on any atom is -0.497 e. The Bertz CT molecular complexity index is 1360. The van der Waals surface area contributed by atoms with E-state index in [1.54, 1.807) is 14.0 Å². The van der Waals surface area contributed by atoms with Crippen molar-refractivity contribution in [3.05, 3.63) is 59.7 Å². The highest BCUT2D eigenvalue weighted by Gasteiger charge is 2.51. The molecule has 2 amide bonds. The number of ether oxygens (including phenoxy) is 1. The lowest BCUT2D eigenvalue weighted by atomic mass is 9.48. The minimum atomic E-state index is -3.78. The molecule has 0 saturated heterocycles. The van der Waals surface area contributed by atoms with Crippen molar-refractivity contribution >= 4 is 27.5 Å². The normalized spacial score (nSPS) is 25.1. The van der Waals surface area contributed by atoms with Gasteiger partial charge in [-0.3, -0.25) is 13.9 Å². The zero-order chi connectivity index (χ0) is 30.1. The zero-order valence-electron chi connectivity index (χ0n) is 25.3. The van der Waals surface area contributed by atoms with Crippen LogP contribution in [0, 0.1) is 17.8 Å². The van der Waals surface area contributed by atoms with E-state index in [4.69, 9.17) is 4.74 Å². The van der Waals surface area contributed by atoms with Crippen molar-refractivity contribution in [3.63, 3.8) is 0 Å².